The van der Waals surface area contributed by atoms with Gasteiger partial charge in [0.2, 0.25) is 0 Å². The molecular formula is C29H30ClF3N6O. The zero-order valence-corrected chi connectivity index (χ0v) is 23.0. The maximum absolute atomic E-state index is 14.0. The highest BCUT2D eigenvalue weighted by Gasteiger charge is 2.34. The van der Waals surface area contributed by atoms with Crippen LogP contribution in [-0.4, -0.2) is 58.4 Å². The maximum Gasteiger partial charge on any atom is 0.416 e. The number of aromatic amines is 1. The molecule has 1 aliphatic heterocycles. The van der Waals surface area contributed by atoms with Crippen molar-refractivity contribution in [3.8, 4) is 0 Å². The summed E-state index contributed by atoms with van der Waals surface area (Å²) in [5.41, 5.74) is 2.50. The number of benzene rings is 2. The summed E-state index contributed by atoms with van der Waals surface area (Å²) < 4.78 is 42.1. The molecule has 0 unspecified atom stereocenters. The summed E-state index contributed by atoms with van der Waals surface area (Å²) in [5, 5.41) is 6.82. The number of rotatable bonds is 7. The maximum atomic E-state index is 14.0. The molecule has 210 valence electrons. The number of carbonyl (C=O) groups is 1. The molecule has 0 saturated carbocycles. The van der Waals surface area contributed by atoms with Crippen molar-refractivity contribution in [1.29, 1.82) is 0 Å². The molecule has 1 aliphatic rings. The van der Waals surface area contributed by atoms with Crippen molar-refractivity contribution in [2.45, 2.75) is 26.6 Å². The smallest absolute Gasteiger partial charge is 0.355 e. The van der Waals surface area contributed by atoms with Crippen LogP contribution in [0.1, 0.15) is 34.0 Å². The van der Waals surface area contributed by atoms with E-state index >= 15 is 0 Å². The quantitative estimate of drug-likeness (QED) is 0.231. The van der Waals surface area contributed by atoms with Gasteiger partial charge in [0, 0.05) is 67.6 Å². The minimum absolute atomic E-state index is 0.216. The normalized spacial score (nSPS) is 14.9. The van der Waals surface area contributed by atoms with Gasteiger partial charge in [0.15, 0.2) is 0 Å². The van der Waals surface area contributed by atoms with Crippen LogP contribution in [0.15, 0.2) is 54.9 Å². The van der Waals surface area contributed by atoms with Gasteiger partial charge in [-0.2, -0.15) is 13.2 Å². The zero-order chi connectivity index (χ0) is 28.4. The molecule has 0 radical (unpaired) electrons. The van der Waals surface area contributed by atoms with Gasteiger partial charge >= 0.3 is 6.18 Å². The van der Waals surface area contributed by atoms with Crippen LogP contribution in [0.3, 0.4) is 0 Å². The predicted molar refractivity (Wildman–Crippen MR) is 152 cm³/mol. The molecule has 0 aliphatic carbocycles. The lowest BCUT2D eigenvalue weighted by Crippen LogP contribution is -2.45. The van der Waals surface area contributed by atoms with Crippen molar-refractivity contribution in [2.75, 3.05) is 43.4 Å². The molecule has 11 heteroatoms. The summed E-state index contributed by atoms with van der Waals surface area (Å²) in [6.45, 7) is 8.30. The Labute approximate surface area is 235 Å². The number of H-pyrrole nitrogens is 1. The summed E-state index contributed by atoms with van der Waals surface area (Å²) in [6, 6.07) is 11.3. The Morgan fingerprint density at radius 3 is 2.48 bits per heavy atom. The van der Waals surface area contributed by atoms with Gasteiger partial charge in [-0.1, -0.05) is 30.7 Å². The van der Waals surface area contributed by atoms with E-state index in [0.29, 0.717) is 28.1 Å². The van der Waals surface area contributed by atoms with Crippen molar-refractivity contribution in [3.63, 3.8) is 0 Å². The number of pyridine rings is 1. The summed E-state index contributed by atoms with van der Waals surface area (Å²) in [6.07, 6.45) is -1.40. The number of halogens is 4. The summed E-state index contributed by atoms with van der Waals surface area (Å²) in [7, 11) is 0. The Morgan fingerprint density at radius 1 is 1.05 bits per heavy atom. The van der Waals surface area contributed by atoms with Crippen molar-refractivity contribution >= 4 is 45.6 Å². The zero-order valence-electron chi connectivity index (χ0n) is 22.2. The molecule has 5 rings (SSSR count). The van der Waals surface area contributed by atoms with Crippen LogP contribution in [0.4, 0.5) is 30.2 Å². The van der Waals surface area contributed by atoms with Gasteiger partial charge in [0.05, 0.1) is 16.1 Å². The number of likely N-dealkylation sites (N-methyl/N-ethyl adjacent to an activating group) is 1. The third-order valence-corrected chi connectivity index (χ3v) is 7.67. The van der Waals surface area contributed by atoms with Crippen LogP contribution in [0, 0.1) is 6.92 Å². The minimum Gasteiger partial charge on any atom is -0.355 e. The number of nitrogens with one attached hydrogen (secondary N) is 3. The molecule has 1 fully saturated rings. The van der Waals surface area contributed by atoms with Gasteiger partial charge in [-0.3, -0.25) is 9.69 Å². The monoisotopic (exact) mass is 570 g/mol. The van der Waals surface area contributed by atoms with Gasteiger partial charge in [0.25, 0.3) is 5.91 Å². The first-order chi connectivity index (χ1) is 19.1. The third kappa shape index (κ3) is 6.09. The Bertz CT molecular complexity index is 1530. The number of alkyl halides is 3. The van der Waals surface area contributed by atoms with E-state index in [-0.39, 0.29) is 22.7 Å². The number of anilines is 3. The number of carbonyl (C=O) groups excluding carboxylic acids is 1. The van der Waals surface area contributed by atoms with Gasteiger partial charge in [-0.15, -0.1) is 0 Å². The van der Waals surface area contributed by atoms with Gasteiger partial charge in [-0.25, -0.2) is 4.98 Å². The largest absolute Gasteiger partial charge is 0.416 e. The highest BCUT2D eigenvalue weighted by molar-refractivity contribution is 6.38. The first-order valence-electron chi connectivity index (χ1n) is 13.1. The molecule has 0 bridgehead atoms. The third-order valence-electron chi connectivity index (χ3n) is 7.26. The number of fused-ring (bicyclic) bond motifs is 1. The topological polar surface area (TPSA) is 76.3 Å². The minimum atomic E-state index is -4.49. The lowest BCUT2D eigenvalue weighted by atomic mass is 10.0. The summed E-state index contributed by atoms with van der Waals surface area (Å²) >= 11 is 6.43. The molecule has 40 heavy (non-hydrogen) atoms. The lowest BCUT2D eigenvalue weighted by Gasteiger charge is -2.34. The van der Waals surface area contributed by atoms with Crippen molar-refractivity contribution in [2.24, 2.45) is 0 Å². The average Bonchev–Trinajstić information content (AvgIpc) is 3.41. The number of nitrogens with zero attached hydrogens (tertiary/aromatic N) is 3. The van der Waals surface area contributed by atoms with Crippen molar-refractivity contribution in [1.82, 2.24) is 19.8 Å². The number of hydrogen-bond donors (Lipinski definition) is 3. The summed E-state index contributed by atoms with van der Waals surface area (Å²) in [5.74, 6) is -0.440. The van der Waals surface area contributed by atoms with Crippen LogP contribution < -0.4 is 10.6 Å². The van der Waals surface area contributed by atoms with Crippen LogP contribution >= 0.6 is 11.6 Å². The van der Waals surface area contributed by atoms with Crippen LogP contribution in [0.5, 0.6) is 0 Å². The van der Waals surface area contributed by atoms with Gasteiger partial charge < -0.3 is 20.5 Å². The Hall–Kier alpha value is -3.60. The van der Waals surface area contributed by atoms with Crippen molar-refractivity contribution < 1.29 is 18.0 Å². The van der Waals surface area contributed by atoms with E-state index in [2.05, 4.69) is 37.3 Å². The van der Waals surface area contributed by atoms with Gasteiger partial charge in [-0.05, 0) is 54.9 Å². The molecule has 7 nitrogen and oxygen atoms in total. The second-order valence-electron chi connectivity index (χ2n) is 9.91. The molecular weight excluding hydrogens is 541 g/mol. The van der Waals surface area contributed by atoms with E-state index in [1.165, 1.54) is 6.20 Å². The Kier molecular flexibility index (Phi) is 8.02. The van der Waals surface area contributed by atoms with E-state index in [1.807, 2.05) is 6.92 Å². The first-order valence-corrected chi connectivity index (χ1v) is 13.5. The number of hydrogen-bond acceptors (Lipinski definition) is 5. The van der Waals surface area contributed by atoms with E-state index in [9.17, 15) is 18.0 Å². The van der Waals surface area contributed by atoms with Crippen LogP contribution in [-0.2, 0) is 12.7 Å². The molecule has 0 spiro atoms. The Balaban J connectivity index is 1.33. The SMILES string of the molecule is CCN1CCN(Cc2ccc(Nc3ccc(C)c(NC(=O)c4cnc5[nH]ccc5c4Cl)c3)cc2C(F)(F)F)CC1. The molecule has 3 heterocycles. The Morgan fingerprint density at radius 2 is 1.75 bits per heavy atom. The molecule has 1 amide bonds. The number of piperazine rings is 1. The van der Waals surface area contributed by atoms with Crippen LogP contribution in [0.2, 0.25) is 5.02 Å². The average molecular weight is 571 g/mol. The lowest BCUT2D eigenvalue weighted by molar-refractivity contribution is -0.138. The second-order valence-corrected chi connectivity index (χ2v) is 10.3. The summed E-state index contributed by atoms with van der Waals surface area (Å²) in [4.78, 5) is 24.5. The number of amides is 1. The fourth-order valence-corrected chi connectivity index (χ4v) is 5.17. The fraction of sp³-hybridized carbons (Fsp3) is 0.310. The molecule has 3 N–H and O–H groups in total. The van der Waals surface area contributed by atoms with E-state index in [4.69, 9.17) is 11.6 Å². The molecule has 0 atom stereocenters. The standard InChI is InChI=1S/C29H30ClF3N6O/c1-3-38-10-12-39(13-11-38)17-19-5-7-20(14-24(19)29(31,32)33)36-21-6-4-18(2)25(15-21)37-28(40)23-16-35-27-22(26(23)30)8-9-34-27/h4-9,14-16,36H,3,10-13,17H2,1-2H3,(H,34,35)(H,37,40). The number of aryl methyl sites for hydroxylation is 1. The first kappa shape index (κ1) is 27.9. The van der Waals surface area contributed by atoms with Crippen LogP contribution in [0.25, 0.3) is 11.0 Å². The highest BCUT2D eigenvalue weighted by Crippen LogP contribution is 2.36. The van der Waals surface area contributed by atoms with E-state index in [1.54, 1.807) is 42.6 Å². The number of aromatic nitrogens is 2. The second kappa shape index (κ2) is 11.5. The fourth-order valence-electron chi connectivity index (χ4n) is 4.88. The predicted octanol–water partition coefficient (Wildman–Crippen LogP) is 6.68. The molecule has 4 aromatic rings. The van der Waals surface area contributed by atoms with E-state index in [0.717, 1.165) is 44.4 Å². The molecule has 2 aromatic heterocycles. The molecule has 1 saturated heterocycles. The highest BCUT2D eigenvalue weighted by atomic mass is 35.5. The van der Waals surface area contributed by atoms with Crippen molar-refractivity contribution in [3.05, 3.63) is 82.1 Å². The van der Waals surface area contributed by atoms with Gasteiger partial charge in [0.1, 0.15) is 5.65 Å². The van der Waals surface area contributed by atoms with E-state index < -0.39 is 17.6 Å². The molecule has 2 aromatic carbocycles.